The van der Waals surface area contributed by atoms with E-state index in [1.807, 2.05) is 66.8 Å². The molecule has 0 aliphatic carbocycles. The number of imidazole rings is 2. The number of aryl methyl sites for hydroxylation is 3. The topological polar surface area (TPSA) is 66.2 Å². The summed E-state index contributed by atoms with van der Waals surface area (Å²) in [4.78, 5) is 31.5. The van der Waals surface area contributed by atoms with Crippen molar-refractivity contribution >= 4 is 16.9 Å². The molecule has 3 heterocycles. The van der Waals surface area contributed by atoms with E-state index in [9.17, 15) is 9.59 Å². The second kappa shape index (κ2) is 7.92. The predicted molar refractivity (Wildman–Crippen MR) is 130 cm³/mol. The molecule has 2 aromatic carbocycles. The van der Waals surface area contributed by atoms with Gasteiger partial charge < -0.3 is 4.57 Å². The molecule has 3 aromatic heterocycles. The molecule has 0 saturated carbocycles. The molecule has 0 aliphatic rings. The summed E-state index contributed by atoms with van der Waals surface area (Å²) in [5.41, 5.74) is 4.43. The van der Waals surface area contributed by atoms with Crippen molar-refractivity contribution in [2.75, 3.05) is 0 Å². The minimum absolute atomic E-state index is 0.0246. The average Bonchev–Trinajstić information content (AvgIpc) is 3.33. The molecular weight excluding hydrogens is 414 g/mol. The summed E-state index contributed by atoms with van der Waals surface area (Å²) >= 11 is 0. The van der Waals surface area contributed by atoms with Gasteiger partial charge >= 0.3 is 5.69 Å². The first kappa shape index (κ1) is 21.0. The molecule has 0 saturated heterocycles. The first-order valence-electron chi connectivity index (χ1n) is 11.2. The molecule has 0 N–H and O–H groups in total. The van der Waals surface area contributed by atoms with Crippen LogP contribution in [0.4, 0.5) is 0 Å². The van der Waals surface area contributed by atoms with Crippen LogP contribution >= 0.6 is 0 Å². The smallest absolute Gasteiger partial charge is 0.307 e. The predicted octanol–water partition coefficient (Wildman–Crippen LogP) is 3.62. The van der Waals surface area contributed by atoms with Gasteiger partial charge in [0.25, 0.3) is 5.56 Å². The third kappa shape index (κ3) is 3.23. The van der Waals surface area contributed by atoms with E-state index < -0.39 is 0 Å². The molecule has 0 unspecified atom stereocenters. The Kier molecular flexibility index (Phi) is 5.04. The zero-order valence-corrected chi connectivity index (χ0v) is 19.3. The standard InChI is InChI=1S/C26H27N5O2/c1-17-18(2)31-22-23(27-25(31)30(17)19(3)21-13-9-6-10-14-21)28(4)26(33)29(24(22)32)16-15-20-11-7-5-8-12-20/h5-14,19H,15-16H2,1-4H3/t19-/m0/s1. The van der Waals surface area contributed by atoms with E-state index >= 15 is 0 Å². The SMILES string of the molecule is Cc1c(C)n2c3c(=O)n(CCc4ccccc4)c(=O)n(C)c3nc2n1[C@@H](C)c1ccccc1. The molecule has 0 bridgehead atoms. The molecule has 33 heavy (non-hydrogen) atoms. The lowest BCUT2D eigenvalue weighted by Gasteiger charge is -2.16. The number of nitrogens with zero attached hydrogens (tertiary/aromatic N) is 5. The summed E-state index contributed by atoms with van der Waals surface area (Å²) < 4.78 is 6.87. The number of rotatable bonds is 5. The molecule has 5 aromatic rings. The van der Waals surface area contributed by atoms with Crippen LogP contribution in [0.3, 0.4) is 0 Å². The van der Waals surface area contributed by atoms with Gasteiger partial charge in [-0.1, -0.05) is 60.7 Å². The highest BCUT2D eigenvalue weighted by atomic mass is 16.2. The second-order valence-electron chi connectivity index (χ2n) is 8.58. The van der Waals surface area contributed by atoms with E-state index in [0.29, 0.717) is 29.9 Å². The van der Waals surface area contributed by atoms with Crippen molar-refractivity contribution < 1.29 is 0 Å². The van der Waals surface area contributed by atoms with Gasteiger partial charge in [0.05, 0.1) is 6.04 Å². The van der Waals surface area contributed by atoms with E-state index in [0.717, 1.165) is 22.5 Å². The number of aromatic nitrogens is 5. The number of hydrogen-bond acceptors (Lipinski definition) is 3. The fourth-order valence-electron chi connectivity index (χ4n) is 4.70. The minimum atomic E-state index is -0.346. The van der Waals surface area contributed by atoms with Crippen LogP contribution in [0.15, 0.2) is 70.3 Å². The van der Waals surface area contributed by atoms with Crippen LogP contribution in [0.5, 0.6) is 0 Å². The van der Waals surface area contributed by atoms with Gasteiger partial charge in [0, 0.05) is 25.0 Å². The summed E-state index contributed by atoms with van der Waals surface area (Å²) in [6, 6.07) is 20.1. The van der Waals surface area contributed by atoms with Crippen molar-refractivity contribution in [3.63, 3.8) is 0 Å². The van der Waals surface area contributed by atoms with E-state index in [1.165, 1.54) is 9.13 Å². The molecule has 0 spiro atoms. The Balaban J connectivity index is 1.72. The van der Waals surface area contributed by atoms with E-state index in [1.54, 1.807) is 7.05 Å². The first-order valence-corrected chi connectivity index (χ1v) is 11.2. The van der Waals surface area contributed by atoms with Crippen molar-refractivity contribution in [2.24, 2.45) is 7.05 Å². The Morgan fingerprint density at radius 3 is 2.21 bits per heavy atom. The van der Waals surface area contributed by atoms with Crippen LogP contribution in [-0.4, -0.2) is 23.1 Å². The van der Waals surface area contributed by atoms with Gasteiger partial charge in [-0.15, -0.1) is 0 Å². The molecule has 0 aliphatic heterocycles. The molecular formula is C26H27N5O2. The van der Waals surface area contributed by atoms with Crippen molar-refractivity contribution in [3.8, 4) is 0 Å². The maximum atomic E-state index is 13.6. The second-order valence-corrected chi connectivity index (χ2v) is 8.58. The van der Waals surface area contributed by atoms with Gasteiger partial charge in [0.15, 0.2) is 11.2 Å². The lowest BCUT2D eigenvalue weighted by molar-refractivity contribution is 0.602. The van der Waals surface area contributed by atoms with E-state index in [2.05, 4.69) is 23.6 Å². The Morgan fingerprint density at radius 2 is 1.55 bits per heavy atom. The highest BCUT2D eigenvalue weighted by Crippen LogP contribution is 2.27. The number of benzene rings is 2. The van der Waals surface area contributed by atoms with Crippen LogP contribution in [0, 0.1) is 13.8 Å². The molecule has 168 valence electrons. The summed E-state index contributed by atoms with van der Waals surface area (Å²) in [7, 11) is 1.68. The monoisotopic (exact) mass is 441 g/mol. The molecule has 0 amide bonds. The maximum Gasteiger partial charge on any atom is 0.332 e. The van der Waals surface area contributed by atoms with Crippen LogP contribution in [-0.2, 0) is 20.0 Å². The molecule has 0 radical (unpaired) electrons. The Hall–Kier alpha value is -3.87. The normalized spacial score (nSPS) is 12.6. The van der Waals surface area contributed by atoms with Gasteiger partial charge in [-0.05, 0) is 38.3 Å². The van der Waals surface area contributed by atoms with Crippen LogP contribution in [0.1, 0.15) is 35.5 Å². The van der Waals surface area contributed by atoms with Gasteiger partial charge in [0.1, 0.15) is 0 Å². The van der Waals surface area contributed by atoms with Gasteiger partial charge in [-0.25, -0.2) is 4.79 Å². The molecule has 1 atom stereocenters. The van der Waals surface area contributed by atoms with E-state index in [-0.39, 0.29) is 17.3 Å². The zero-order valence-electron chi connectivity index (χ0n) is 19.3. The van der Waals surface area contributed by atoms with Crippen LogP contribution in [0.2, 0.25) is 0 Å². The number of hydrogen-bond donors (Lipinski definition) is 0. The Bertz CT molecular complexity index is 1590. The van der Waals surface area contributed by atoms with Crippen LogP contribution in [0.25, 0.3) is 16.9 Å². The Labute approximate surface area is 191 Å². The third-order valence-corrected chi connectivity index (χ3v) is 6.70. The summed E-state index contributed by atoms with van der Waals surface area (Å²) in [5.74, 6) is 0.671. The van der Waals surface area contributed by atoms with E-state index in [4.69, 9.17) is 4.98 Å². The fraction of sp³-hybridized carbons (Fsp3) is 0.269. The summed E-state index contributed by atoms with van der Waals surface area (Å²) in [5, 5.41) is 0. The molecule has 0 fully saturated rings. The average molecular weight is 442 g/mol. The number of fused-ring (bicyclic) bond motifs is 3. The highest BCUT2D eigenvalue weighted by molar-refractivity contribution is 5.76. The molecule has 5 rings (SSSR count). The van der Waals surface area contributed by atoms with Gasteiger partial charge in [-0.2, -0.15) is 4.98 Å². The molecule has 7 heteroatoms. The third-order valence-electron chi connectivity index (χ3n) is 6.70. The maximum absolute atomic E-state index is 13.6. The lowest BCUT2D eigenvalue weighted by Crippen LogP contribution is -2.39. The summed E-state index contributed by atoms with van der Waals surface area (Å²) in [6.07, 6.45) is 0.605. The van der Waals surface area contributed by atoms with Crippen LogP contribution < -0.4 is 11.2 Å². The first-order chi connectivity index (χ1) is 15.9. The van der Waals surface area contributed by atoms with Gasteiger partial charge in [0.2, 0.25) is 5.78 Å². The Morgan fingerprint density at radius 1 is 0.909 bits per heavy atom. The zero-order chi connectivity index (χ0) is 23.3. The largest absolute Gasteiger partial charge is 0.332 e. The van der Waals surface area contributed by atoms with Gasteiger partial charge in [-0.3, -0.25) is 18.3 Å². The van der Waals surface area contributed by atoms with Crippen molar-refractivity contribution in [2.45, 2.75) is 39.8 Å². The van der Waals surface area contributed by atoms with Crippen molar-refractivity contribution in [3.05, 3.63) is 104 Å². The molecule has 7 nitrogen and oxygen atoms in total. The fourth-order valence-corrected chi connectivity index (χ4v) is 4.70. The quantitative estimate of drug-likeness (QED) is 0.418. The minimum Gasteiger partial charge on any atom is -0.307 e. The lowest BCUT2D eigenvalue weighted by atomic mass is 10.1. The van der Waals surface area contributed by atoms with Crippen molar-refractivity contribution in [1.29, 1.82) is 0 Å². The van der Waals surface area contributed by atoms with Crippen molar-refractivity contribution in [1.82, 2.24) is 23.1 Å². The summed E-state index contributed by atoms with van der Waals surface area (Å²) in [6.45, 7) is 6.48. The highest BCUT2D eigenvalue weighted by Gasteiger charge is 2.24.